The van der Waals surface area contributed by atoms with Crippen molar-refractivity contribution < 1.29 is 0 Å². The van der Waals surface area contributed by atoms with Crippen LogP contribution in [0.15, 0.2) is 24.3 Å². The van der Waals surface area contributed by atoms with E-state index in [-0.39, 0.29) is 6.04 Å². The van der Waals surface area contributed by atoms with Gasteiger partial charge in [-0.15, -0.1) is 0 Å². The first kappa shape index (κ1) is 13.0. The maximum Gasteiger partial charge on any atom is 0.212 e. The van der Waals surface area contributed by atoms with Gasteiger partial charge in [0.05, 0.1) is 16.6 Å². The van der Waals surface area contributed by atoms with Crippen molar-refractivity contribution in [2.45, 2.75) is 32.7 Å². The molecule has 4 rings (SSSR count). The van der Waals surface area contributed by atoms with Gasteiger partial charge in [0.15, 0.2) is 5.82 Å². The van der Waals surface area contributed by atoms with E-state index >= 15 is 0 Å². The molecule has 1 aliphatic heterocycles. The monoisotopic (exact) mass is 298 g/mol. The molecule has 4 nitrogen and oxygen atoms in total. The maximum absolute atomic E-state index is 4.64. The number of nitrogens with zero attached hydrogens (tertiary/aromatic N) is 3. The van der Waals surface area contributed by atoms with Gasteiger partial charge in [0.1, 0.15) is 0 Å². The van der Waals surface area contributed by atoms with Crippen molar-refractivity contribution >= 4 is 16.3 Å². The third-order valence-electron chi connectivity index (χ3n) is 4.15. The third kappa shape index (κ3) is 2.00. The highest BCUT2D eigenvalue weighted by molar-refractivity contribution is 7.17. The van der Waals surface area contributed by atoms with Crippen LogP contribution in [0.1, 0.15) is 40.5 Å². The number of hydrogen-bond donors (Lipinski definition) is 1. The summed E-state index contributed by atoms with van der Waals surface area (Å²) in [5.74, 6) is 0.940. The minimum Gasteiger partial charge on any atom is -0.305 e. The summed E-state index contributed by atoms with van der Waals surface area (Å²) >= 11 is 1.77. The van der Waals surface area contributed by atoms with Crippen LogP contribution in [0.4, 0.5) is 0 Å². The van der Waals surface area contributed by atoms with Crippen molar-refractivity contribution in [2.24, 2.45) is 0 Å². The van der Waals surface area contributed by atoms with Gasteiger partial charge in [0.2, 0.25) is 4.96 Å². The Morgan fingerprint density at radius 2 is 2.24 bits per heavy atom. The Hall–Kier alpha value is -1.72. The number of nitrogens with one attached hydrogen (secondary N) is 1. The van der Waals surface area contributed by atoms with Crippen molar-refractivity contribution in [1.82, 2.24) is 19.9 Å². The van der Waals surface area contributed by atoms with Crippen LogP contribution in [0.25, 0.3) is 4.96 Å². The molecule has 0 amide bonds. The van der Waals surface area contributed by atoms with Gasteiger partial charge >= 0.3 is 0 Å². The fourth-order valence-corrected chi connectivity index (χ4v) is 4.26. The van der Waals surface area contributed by atoms with Gasteiger partial charge in [-0.05, 0) is 18.1 Å². The van der Waals surface area contributed by atoms with Crippen LogP contribution in [0.5, 0.6) is 0 Å². The van der Waals surface area contributed by atoms with E-state index < -0.39 is 0 Å². The molecule has 2 aromatic heterocycles. The molecule has 21 heavy (non-hydrogen) atoms. The lowest BCUT2D eigenvalue weighted by Gasteiger charge is -2.25. The quantitative estimate of drug-likeness (QED) is 0.791. The van der Waals surface area contributed by atoms with Crippen LogP contribution in [-0.4, -0.2) is 21.1 Å². The molecule has 0 aliphatic carbocycles. The van der Waals surface area contributed by atoms with Gasteiger partial charge in [0, 0.05) is 19.4 Å². The standard InChI is InChI=1S/C16H18N4S/c1-3-13-18-16-20(19-13)12-8-9-17-14(15(12)21-16)11-7-5-4-6-10(11)2/h4-7,14,17H,3,8-9H2,1-2H3. The lowest BCUT2D eigenvalue weighted by atomic mass is 9.96. The van der Waals surface area contributed by atoms with E-state index in [0.717, 1.165) is 30.2 Å². The van der Waals surface area contributed by atoms with Crippen molar-refractivity contribution in [1.29, 1.82) is 0 Å². The predicted molar refractivity (Wildman–Crippen MR) is 85.0 cm³/mol. The SMILES string of the molecule is CCc1nc2sc3c(n2n1)CCNC3c1ccccc1C. The minimum atomic E-state index is 0.272. The van der Waals surface area contributed by atoms with E-state index in [2.05, 4.69) is 58.0 Å². The van der Waals surface area contributed by atoms with Crippen LogP contribution in [0.3, 0.4) is 0 Å². The molecule has 108 valence electrons. The number of hydrogen-bond acceptors (Lipinski definition) is 4. The number of aromatic nitrogens is 3. The highest BCUT2D eigenvalue weighted by atomic mass is 32.1. The molecule has 1 aromatic carbocycles. The Morgan fingerprint density at radius 3 is 3.05 bits per heavy atom. The van der Waals surface area contributed by atoms with E-state index in [1.807, 2.05) is 0 Å². The van der Waals surface area contributed by atoms with E-state index in [9.17, 15) is 0 Å². The molecule has 3 aromatic rings. The van der Waals surface area contributed by atoms with Gasteiger partial charge < -0.3 is 5.32 Å². The molecule has 0 bridgehead atoms. The number of benzene rings is 1. The molecular weight excluding hydrogens is 280 g/mol. The number of aryl methyl sites for hydroxylation is 2. The number of fused-ring (bicyclic) bond motifs is 3. The molecule has 0 saturated heterocycles. The fraction of sp³-hybridized carbons (Fsp3) is 0.375. The smallest absolute Gasteiger partial charge is 0.212 e. The molecule has 0 saturated carbocycles. The molecule has 3 heterocycles. The Labute approximate surface area is 127 Å². The van der Waals surface area contributed by atoms with Crippen molar-refractivity contribution in [3.05, 3.63) is 51.8 Å². The van der Waals surface area contributed by atoms with Gasteiger partial charge in [-0.2, -0.15) is 5.10 Å². The van der Waals surface area contributed by atoms with Gasteiger partial charge in [-0.3, -0.25) is 0 Å². The van der Waals surface area contributed by atoms with E-state index in [1.165, 1.54) is 21.7 Å². The largest absolute Gasteiger partial charge is 0.305 e. The topological polar surface area (TPSA) is 42.2 Å². The van der Waals surface area contributed by atoms with Gasteiger partial charge in [0.25, 0.3) is 0 Å². The number of rotatable bonds is 2. The van der Waals surface area contributed by atoms with Crippen LogP contribution >= 0.6 is 11.3 Å². The first-order chi connectivity index (χ1) is 10.3. The first-order valence-corrected chi connectivity index (χ1v) is 8.25. The summed E-state index contributed by atoms with van der Waals surface area (Å²) in [5, 5.41) is 8.30. The zero-order valence-corrected chi connectivity index (χ0v) is 13.1. The summed E-state index contributed by atoms with van der Waals surface area (Å²) in [7, 11) is 0. The summed E-state index contributed by atoms with van der Waals surface area (Å²) in [6.45, 7) is 5.26. The average Bonchev–Trinajstić information content (AvgIpc) is 3.05. The highest BCUT2D eigenvalue weighted by Crippen LogP contribution is 2.35. The molecule has 1 N–H and O–H groups in total. The lowest BCUT2D eigenvalue weighted by Crippen LogP contribution is -2.30. The van der Waals surface area contributed by atoms with Gasteiger partial charge in [-0.1, -0.05) is 42.5 Å². The summed E-state index contributed by atoms with van der Waals surface area (Å²) in [6, 6.07) is 8.88. The average molecular weight is 298 g/mol. The molecular formula is C16H18N4S. The van der Waals surface area contributed by atoms with Crippen LogP contribution < -0.4 is 5.32 Å². The van der Waals surface area contributed by atoms with E-state index in [4.69, 9.17) is 0 Å². The Morgan fingerprint density at radius 1 is 1.38 bits per heavy atom. The zero-order valence-electron chi connectivity index (χ0n) is 12.3. The molecule has 1 atom stereocenters. The van der Waals surface area contributed by atoms with Gasteiger partial charge in [-0.25, -0.2) is 9.50 Å². The maximum atomic E-state index is 4.64. The summed E-state index contributed by atoms with van der Waals surface area (Å²) in [4.78, 5) is 7.03. The Bertz CT molecular complexity index is 802. The molecule has 1 unspecified atom stereocenters. The Kier molecular flexibility index (Phi) is 3.05. The minimum absolute atomic E-state index is 0.272. The molecule has 0 radical (unpaired) electrons. The van der Waals surface area contributed by atoms with E-state index in [1.54, 1.807) is 11.3 Å². The van der Waals surface area contributed by atoms with Crippen LogP contribution in [-0.2, 0) is 12.8 Å². The first-order valence-electron chi connectivity index (χ1n) is 7.44. The number of thiazole rings is 1. The van der Waals surface area contributed by atoms with Crippen molar-refractivity contribution in [2.75, 3.05) is 6.54 Å². The van der Waals surface area contributed by atoms with Crippen LogP contribution in [0, 0.1) is 6.92 Å². The van der Waals surface area contributed by atoms with Crippen molar-refractivity contribution in [3.8, 4) is 0 Å². The zero-order chi connectivity index (χ0) is 14.4. The summed E-state index contributed by atoms with van der Waals surface area (Å²) in [5.41, 5.74) is 4.02. The lowest BCUT2D eigenvalue weighted by molar-refractivity contribution is 0.559. The summed E-state index contributed by atoms with van der Waals surface area (Å²) < 4.78 is 2.06. The second-order valence-corrected chi connectivity index (χ2v) is 6.49. The molecule has 5 heteroatoms. The fourth-order valence-electron chi connectivity index (χ4n) is 3.04. The predicted octanol–water partition coefficient (Wildman–Crippen LogP) is 2.90. The normalized spacial score (nSPS) is 18.1. The second-order valence-electron chi connectivity index (χ2n) is 5.48. The molecule has 0 fully saturated rings. The molecule has 0 spiro atoms. The second kappa shape index (κ2) is 4.93. The third-order valence-corrected chi connectivity index (χ3v) is 5.29. The Balaban J connectivity index is 1.87. The summed E-state index contributed by atoms with van der Waals surface area (Å²) in [6.07, 6.45) is 1.91. The van der Waals surface area contributed by atoms with Crippen LogP contribution in [0.2, 0.25) is 0 Å². The van der Waals surface area contributed by atoms with E-state index in [0.29, 0.717) is 0 Å². The highest BCUT2D eigenvalue weighted by Gasteiger charge is 2.28. The molecule has 1 aliphatic rings. The van der Waals surface area contributed by atoms with Crippen molar-refractivity contribution in [3.63, 3.8) is 0 Å².